The molecule has 0 atom stereocenters. The fraction of sp³-hybridized carbons (Fsp3) is 0.294. The third kappa shape index (κ3) is 4.59. The second kappa shape index (κ2) is 6.96. The number of rotatable bonds is 6. The first kappa shape index (κ1) is 14.4. The van der Waals surface area contributed by atoms with Crippen molar-refractivity contribution in [1.82, 2.24) is 4.90 Å². The van der Waals surface area contributed by atoms with E-state index in [0.29, 0.717) is 6.61 Å². The number of hydrogen-bond acceptors (Lipinski definition) is 3. The summed E-state index contributed by atoms with van der Waals surface area (Å²) in [7, 11) is 2.09. The van der Waals surface area contributed by atoms with Crippen LogP contribution >= 0.6 is 0 Å². The first-order valence-electron chi connectivity index (χ1n) is 6.86. The van der Waals surface area contributed by atoms with Gasteiger partial charge in [0.05, 0.1) is 0 Å². The molecular formula is C17H22N2O. The van der Waals surface area contributed by atoms with Gasteiger partial charge in [-0.25, -0.2) is 0 Å². The summed E-state index contributed by atoms with van der Waals surface area (Å²) < 4.78 is 5.75. The van der Waals surface area contributed by atoms with Crippen LogP contribution in [0.4, 0.5) is 5.69 Å². The summed E-state index contributed by atoms with van der Waals surface area (Å²) >= 11 is 0. The predicted molar refractivity (Wildman–Crippen MR) is 83.9 cm³/mol. The zero-order valence-corrected chi connectivity index (χ0v) is 12.2. The lowest BCUT2D eigenvalue weighted by atomic mass is 10.2. The molecule has 0 amide bonds. The summed E-state index contributed by atoms with van der Waals surface area (Å²) in [5.41, 5.74) is 9.04. The van der Waals surface area contributed by atoms with Gasteiger partial charge in [-0.15, -0.1) is 0 Å². The van der Waals surface area contributed by atoms with Gasteiger partial charge >= 0.3 is 0 Å². The normalized spacial score (nSPS) is 10.8. The molecule has 106 valence electrons. The number of aryl methyl sites for hydroxylation is 1. The van der Waals surface area contributed by atoms with Gasteiger partial charge in [0.25, 0.3) is 0 Å². The number of hydrogen-bond donors (Lipinski definition) is 1. The zero-order valence-electron chi connectivity index (χ0n) is 12.2. The van der Waals surface area contributed by atoms with Crippen molar-refractivity contribution >= 4 is 5.69 Å². The Balaban J connectivity index is 1.76. The van der Waals surface area contributed by atoms with Crippen LogP contribution in [0.15, 0.2) is 48.5 Å². The van der Waals surface area contributed by atoms with E-state index in [2.05, 4.69) is 37.1 Å². The van der Waals surface area contributed by atoms with Crippen LogP contribution in [-0.2, 0) is 6.54 Å². The Morgan fingerprint density at radius 1 is 1.10 bits per heavy atom. The molecule has 0 unspecified atom stereocenters. The highest BCUT2D eigenvalue weighted by Crippen LogP contribution is 2.12. The molecule has 0 saturated heterocycles. The first-order chi connectivity index (χ1) is 9.63. The van der Waals surface area contributed by atoms with Crippen molar-refractivity contribution < 1.29 is 4.74 Å². The van der Waals surface area contributed by atoms with E-state index < -0.39 is 0 Å². The van der Waals surface area contributed by atoms with Gasteiger partial charge in [0.1, 0.15) is 12.4 Å². The highest BCUT2D eigenvalue weighted by atomic mass is 16.5. The maximum Gasteiger partial charge on any atom is 0.119 e. The first-order valence-corrected chi connectivity index (χ1v) is 6.86. The topological polar surface area (TPSA) is 38.5 Å². The average molecular weight is 270 g/mol. The number of anilines is 1. The molecule has 0 spiro atoms. The van der Waals surface area contributed by atoms with Crippen LogP contribution in [0, 0.1) is 6.92 Å². The van der Waals surface area contributed by atoms with E-state index in [1.165, 1.54) is 11.1 Å². The van der Waals surface area contributed by atoms with Crippen molar-refractivity contribution in [2.24, 2.45) is 0 Å². The molecule has 0 bridgehead atoms. The lowest BCUT2D eigenvalue weighted by molar-refractivity contribution is 0.233. The number of ether oxygens (including phenoxy) is 1. The summed E-state index contributed by atoms with van der Waals surface area (Å²) in [4.78, 5) is 2.23. The molecule has 20 heavy (non-hydrogen) atoms. The third-order valence-electron chi connectivity index (χ3n) is 3.13. The zero-order chi connectivity index (χ0) is 14.4. The van der Waals surface area contributed by atoms with E-state index in [1.807, 2.05) is 30.3 Å². The average Bonchev–Trinajstić information content (AvgIpc) is 2.38. The Hall–Kier alpha value is -2.00. The van der Waals surface area contributed by atoms with Crippen molar-refractivity contribution in [2.45, 2.75) is 13.5 Å². The van der Waals surface area contributed by atoms with Crippen LogP contribution in [-0.4, -0.2) is 25.1 Å². The van der Waals surface area contributed by atoms with E-state index >= 15 is 0 Å². The number of nitrogens with zero attached hydrogens (tertiary/aromatic N) is 1. The Labute approximate surface area is 121 Å². The highest BCUT2D eigenvalue weighted by molar-refractivity contribution is 5.40. The summed E-state index contributed by atoms with van der Waals surface area (Å²) in [6.07, 6.45) is 0. The molecule has 0 aliphatic carbocycles. The quantitative estimate of drug-likeness (QED) is 0.820. The van der Waals surface area contributed by atoms with Crippen LogP contribution in [0.5, 0.6) is 5.75 Å². The highest BCUT2D eigenvalue weighted by Gasteiger charge is 2.01. The van der Waals surface area contributed by atoms with E-state index in [4.69, 9.17) is 10.5 Å². The van der Waals surface area contributed by atoms with Gasteiger partial charge in [0.15, 0.2) is 0 Å². The van der Waals surface area contributed by atoms with Gasteiger partial charge in [-0.05, 0) is 49.4 Å². The van der Waals surface area contributed by atoms with E-state index in [9.17, 15) is 0 Å². The molecule has 0 fully saturated rings. The molecule has 2 aromatic carbocycles. The van der Waals surface area contributed by atoms with Crippen LogP contribution in [0.2, 0.25) is 0 Å². The lowest BCUT2D eigenvalue weighted by Crippen LogP contribution is -2.23. The Bertz CT molecular complexity index is 554. The molecule has 0 radical (unpaired) electrons. The monoisotopic (exact) mass is 270 g/mol. The van der Waals surface area contributed by atoms with Crippen molar-refractivity contribution in [3.8, 4) is 5.75 Å². The van der Waals surface area contributed by atoms with Crippen LogP contribution in [0.3, 0.4) is 0 Å². The number of nitrogen functional groups attached to an aromatic ring is 1. The fourth-order valence-corrected chi connectivity index (χ4v) is 2.11. The third-order valence-corrected chi connectivity index (χ3v) is 3.13. The Morgan fingerprint density at radius 3 is 2.65 bits per heavy atom. The number of nitrogens with two attached hydrogens (primary N) is 1. The van der Waals surface area contributed by atoms with Crippen LogP contribution in [0.25, 0.3) is 0 Å². The molecular weight excluding hydrogens is 248 g/mol. The summed E-state index contributed by atoms with van der Waals surface area (Å²) in [6, 6.07) is 16.1. The van der Waals surface area contributed by atoms with Crippen molar-refractivity contribution in [3.63, 3.8) is 0 Å². The van der Waals surface area contributed by atoms with Crippen LogP contribution < -0.4 is 10.5 Å². The summed E-state index contributed by atoms with van der Waals surface area (Å²) in [5, 5.41) is 0. The van der Waals surface area contributed by atoms with Gasteiger partial charge in [0.2, 0.25) is 0 Å². The lowest BCUT2D eigenvalue weighted by Gasteiger charge is -2.17. The number of likely N-dealkylation sites (N-methyl/N-ethyl adjacent to an activating group) is 1. The Kier molecular flexibility index (Phi) is 5.02. The standard InChI is InChI=1S/C17H22N2O/c1-14-5-3-8-17(11-14)20-10-9-19(2)13-15-6-4-7-16(18)12-15/h3-8,11-12H,9-10,13,18H2,1-2H3. The van der Waals surface area contributed by atoms with Gasteiger partial charge < -0.3 is 10.5 Å². The van der Waals surface area contributed by atoms with E-state index in [-0.39, 0.29) is 0 Å². The van der Waals surface area contributed by atoms with Crippen molar-refractivity contribution in [2.75, 3.05) is 25.9 Å². The SMILES string of the molecule is Cc1cccc(OCCN(C)Cc2cccc(N)c2)c1. The second-order valence-electron chi connectivity index (χ2n) is 5.15. The van der Waals surface area contributed by atoms with Gasteiger partial charge in [-0.3, -0.25) is 4.90 Å². The van der Waals surface area contributed by atoms with Gasteiger partial charge in [0, 0.05) is 18.8 Å². The van der Waals surface area contributed by atoms with Gasteiger partial charge in [-0.1, -0.05) is 24.3 Å². The molecule has 0 heterocycles. The smallest absolute Gasteiger partial charge is 0.119 e. The van der Waals surface area contributed by atoms with Crippen LogP contribution in [0.1, 0.15) is 11.1 Å². The fourth-order valence-electron chi connectivity index (χ4n) is 2.11. The molecule has 3 nitrogen and oxygen atoms in total. The Morgan fingerprint density at radius 2 is 1.90 bits per heavy atom. The van der Waals surface area contributed by atoms with E-state index in [1.54, 1.807) is 0 Å². The second-order valence-corrected chi connectivity index (χ2v) is 5.15. The van der Waals surface area contributed by atoms with Gasteiger partial charge in [-0.2, -0.15) is 0 Å². The number of benzene rings is 2. The molecule has 2 aromatic rings. The molecule has 0 aliphatic rings. The minimum absolute atomic E-state index is 0.683. The minimum Gasteiger partial charge on any atom is -0.492 e. The molecule has 0 aromatic heterocycles. The minimum atomic E-state index is 0.683. The predicted octanol–water partition coefficient (Wildman–Crippen LogP) is 3.09. The molecule has 3 heteroatoms. The molecule has 0 saturated carbocycles. The molecule has 2 N–H and O–H groups in total. The van der Waals surface area contributed by atoms with E-state index in [0.717, 1.165) is 24.5 Å². The summed E-state index contributed by atoms with van der Waals surface area (Å²) in [6.45, 7) is 4.51. The molecule has 0 aliphatic heterocycles. The maximum absolute atomic E-state index is 5.78. The van der Waals surface area contributed by atoms with Crippen molar-refractivity contribution in [1.29, 1.82) is 0 Å². The van der Waals surface area contributed by atoms with Crippen molar-refractivity contribution in [3.05, 3.63) is 59.7 Å². The summed E-state index contributed by atoms with van der Waals surface area (Å²) in [5.74, 6) is 0.933. The maximum atomic E-state index is 5.78. The largest absolute Gasteiger partial charge is 0.492 e. The molecule has 2 rings (SSSR count).